The number of hydrogen-bond acceptors (Lipinski definition) is 2. The summed E-state index contributed by atoms with van der Waals surface area (Å²) in [4.78, 5) is 11.3. The molecule has 1 unspecified atom stereocenters. The van der Waals surface area contributed by atoms with E-state index in [9.17, 15) is 4.79 Å². The van der Waals surface area contributed by atoms with Crippen LogP contribution in [0, 0.1) is 0 Å². The van der Waals surface area contributed by atoms with Crippen molar-refractivity contribution in [2.45, 2.75) is 59.0 Å². The molecular weight excluding hydrogens is 150 g/mol. The average Bonchev–Trinajstić information content (AvgIpc) is 1.83. The lowest BCUT2D eigenvalue weighted by molar-refractivity contribution is -0.123. The number of ketones is 1. The van der Waals surface area contributed by atoms with E-state index in [0.717, 1.165) is 6.42 Å². The Bertz CT molecular complexity index is 169. The van der Waals surface area contributed by atoms with Gasteiger partial charge in [0.15, 0.2) is 0 Å². The van der Waals surface area contributed by atoms with Gasteiger partial charge < -0.3 is 5.32 Å². The normalized spacial score (nSPS) is 17.2. The van der Waals surface area contributed by atoms with E-state index in [4.69, 9.17) is 0 Å². The summed E-state index contributed by atoms with van der Waals surface area (Å²) < 4.78 is 0. The molecule has 2 heteroatoms. The molecule has 0 spiro atoms. The van der Waals surface area contributed by atoms with Crippen LogP contribution in [-0.4, -0.2) is 16.9 Å². The molecule has 2 nitrogen and oxygen atoms in total. The monoisotopic (exact) mass is 171 g/mol. The van der Waals surface area contributed by atoms with Crippen LogP contribution in [0.4, 0.5) is 0 Å². The third-order valence-electron chi connectivity index (χ3n) is 2.14. The van der Waals surface area contributed by atoms with Gasteiger partial charge in [-0.1, -0.05) is 6.92 Å². The quantitative estimate of drug-likeness (QED) is 0.705. The highest BCUT2D eigenvalue weighted by atomic mass is 16.1. The first-order valence-corrected chi connectivity index (χ1v) is 4.51. The molecule has 1 N–H and O–H groups in total. The topological polar surface area (TPSA) is 29.1 Å². The smallest absolute Gasteiger partial charge is 0.149 e. The molecule has 1 atom stereocenters. The van der Waals surface area contributed by atoms with E-state index in [1.54, 1.807) is 6.92 Å². The van der Waals surface area contributed by atoms with Crippen molar-refractivity contribution in [3.05, 3.63) is 0 Å². The van der Waals surface area contributed by atoms with Gasteiger partial charge in [-0.3, -0.25) is 4.79 Å². The molecular formula is C10H21NO. The zero-order chi connectivity index (χ0) is 9.99. The summed E-state index contributed by atoms with van der Waals surface area (Å²) in [6, 6.07) is 0. The van der Waals surface area contributed by atoms with Gasteiger partial charge in [-0.2, -0.15) is 0 Å². The van der Waals surface area contributed by atoms with Gasteiger partial charge in [0.1, 0.15) is 5.78 Å². The lowest BCUT2D eigenvalue weighted by Crippen LogP contribution is -2.55. The maximum Gasteiger partial charge on any atom is 0.149 e. The Morgan fingerprint density at radius 2 is 1.67 bits per heavy atom. The van der Waals surface area contributed by atoms with Gasteiger partial charge in [0.2, 0.25) is 0 Å². The summed E-state index contributed by atoms with van der Waals surface area (Å²) in [7, 11) is 0. The summed E-state index contributed by atoms with van der Waals surface area (Å²) in [6.45, 7) is 11.8. The second-order valence-electron chi connectivity index (χ2n) is 4.62. The minimum Gasteiger partial charge on any atom is -0.300 e. The highest BCUT2D eigenvalue weighted by Gasteiger charge is 2.31. The zero-order valence-electron chi connectivity index (χ0n) is 9.12. The van der Waals surface area contributed by atoms with Crippen molar-refractivity contribution in [1.29, 1.82) is 0 Å². The summed E-state index contributed by atoms with van der Waals surface area (Å²) in [6.07, 6.45) is 0.833. The lowest BCUT2D eigenvalue weighted by atomic mass is 9.90. The van der Waals surface area contributed by atoms with Gasteiger partial charge in [0.25, 0.3) is 0 Å². The van der Waals surface area contributed by atoms with E-state index in [0.29, 0.717) is 0 Å². The summed E-state index contributed by atoms with van der Waals surface area (Å²) >= 11 is 0. The van der Waals surface area contributed by atoms with E-state index in [-0.39, 0.29) is 16.9 Å². The Hall–Kier alpha value is -0.370. The van der Waals surface area contributed by atoms with Gasteiger partial charge in [-0.25, -0.2) is 0 Å². The Labute approximate surface area is 75.7 Å². The first-order chi connectivity index (χ1) is 5.21. The Kier molecular flexibility index (Phi) is 3.45. The molecule has 0 aromatic heterocycles. The van der Waals surface area contributed by atoms with Crippen LogP contribution >= 0.6 is 0 Å². The molecule has 0 fully saturated rings. The minimum atomic E-state index is -0.363. The highest BCUT2D eigenvalue weighted by molar-refractivity contribution is 5.85. The van der Waals surface area contributed by atoms with Crippen LogP contribution in [0.1, 0.15) is 48.0 Å². The van der Waals surface area contributed by atoms with Crippen LogP contribution < -0.4 is 5.32 Å². The van der Waals surface area contributed by atoms with E-state index < -0.39 is 0 Å². The van der Waals surface area contributed by atoms with Crippen LogP contribution in [0.5, 0.6) is 0 Å². The van der Waals surface area contributed by atoms with Crippen LogP contribution in [0.15, 0.2) is 0 Å². The van der Waals surface area contributed by atoms with Crippen LogP contribution in [0.2, 0.25) is 0 Å². The number of rotatable bonds is 3. The zero-order valence-corrected chi connectivity index (χ0v) is 9.12. The molecule has 0 rings (SSSR count). The number of hydrogen-bond donors (Lipinski definition) is 1. The molecule has 72 valence electrons. The molecule has 0 aliphatic rings. The maximum atomic E-state index is 11.3. The third-order valence-corrected chi connectivity index (χ3v) is 2.14. The van der Waals surface area contributed by atoms with E-state index in [1.165, 1.54) is 0 Å². The molecule has 0 aliphatic carbocycles. The number of Topliss-reactive ketones (excluding diaryl/α,β-unsaturated/α-hetero) is 1. The second-order valence-corrected chi connectivity index (χ2v) is 4.62. The fourth-order valence-corrected chi connectivity index (χ4v) is 1.25. The van der Waals surface area contributed by atoms with Crippen molar-refractivity contribution < 1.29 is 4.79 Å². The lowest BCUT2D eigenvalue weighted by Gasteiger charge is -2.35. The van der Waals surface area contributed by atoms with Crippen molar-refractivity contribution in [3.8, 4) is 0 Å². The molecule has 0 saturated carbocycles. The van der Waals surface area contributed by atoms with Gasteiger partial charge in [-0.05, 0) is 41.0 Å². The summed E-state index contributed by atoms with van der Waals surface area (Å²) in [5.41, 5.74) is -0.366. The van der Waals surface area contributed by atoms with Gasteiger partial charge >= 0.3 is 0 Å². The first kappa shape index (κ1) is 11.6. The van der Waals surface area contributed by atoms with Crippen LogP contribution in [0.3, 0.4) is 0 Å². The van der Waals surface area contributed by atoms with E-state index in [1.807, 2.05) is 13.8 Å². The molecule has 0 heterocycles. The molecule has 0 bridgehead atoms. The van der Waals surface area contributed by atoms with Crippen LogP contribution in [0.25, 0.3) is 0 Å². The SMILES string of the molecule is CCC(C)(NC(C)(C)C)C(C)=O. The predicted molar refractivity (Wildman–Crippen MR) is 52.3 cm³/mol. The molecule has 0 saturated heterocycles. The van der Waals surface area contributed by atoms with Crippen molar-refractivity contribution >= 4 is 5.78 Å². The molecule has 0 radical (unpaired) electrons. The minimum absolute atomic E-state index is 0.00354. The largest absolute Gasteiger partial charge is 0.300 e. The first-order valence-electron chi connectivity index (χ1n) is 4.51. The van der Waals surface area contributed by atoms with Gasteiger partial charge in [0.05, 0.1) is 5.54 Å². The van der Waals surface area contributed by atoms with E-state index >= 15 is 0 Å². The fraction of sp³-hybridized carbons (Fsp3) is 0.900. The van der Waals surface area contributed by atoms with Crippen molar-refractivity contribution in [2.24, 2.45) is 0 Å². The fourth-order valence-electron chi connectivity index (χ4n) is 1.25. The molecule has 0 amide bonds. The molecule has 0 aromatic rings. The predicted octanol–water partition coefficient (Wildman–Crippen LogP) is 2.13. The molecule has 0 aliphatic heterocycles. The van der Waals surface area contributed by atoms with Crippen LogP contribution in [-0.2, 0) is 4.79 Å². The summed E-state index contributed by atoms with van der Waals surface area (Å²) in [5.74, 6) is 0.208. The average molecular weight is 171 g/mol. The standard InChI is InChI=1S/C10H21NO/c1-7-10(6,8(2)12)11-9(3,4)5/h11H,7H2,1-6H3. The number of nitrogens with one attached hydrogen (secondary N) is 1. The maximum absolute atomic E-state index is 11.3. The number of carbonyl (C=O) groups excluding carboxylic acids is 1. The highest BCUT2D eigenvalue weighted by Crippen LogP contribution is 2.15. The van der Waals surface area contributed by atoms with Crippen molar-refractivity contribution in [2.75, 3.05) is 0 Å². The Morgan fingerprint density at radius 1 is 1.25 bits per heavy atom. The number of carbonyl (C=O) groups is 1. The Morgan fingerprint density at radius 3 is 1.75 bits per heavy atom. The van der Waals surface area contributed by atoms with Crippen molar-refractivity contribution in [3.63, 3.8) is 0 Å². The molecule has 12 heavy (non-hydrogen) atoms. The van der Waals surface area contributed by atoms with E-state index in [2.05, 4.69) is 26.1 Å². The summed E-state index contributed by atoms with van der Waals surface area (Å²) in [5, 5.41) is 3.33. The third kappa shape index (κ3) is 3.35. The second kappa shape index (κ2) is 3.56. The van der Waals surface area contributed by atoms with Gasteiger partial charge in [0, 0.05) is 5.54 Å². The molecule has 0 aromatic carbocycles. The Balaban J connectivity index is 4.46. The van der Waals surface area contributed by atoms with Crippen molar-refractivity contribution in [1.82, 2.24) is 5.32 Å². The van der Waals surface area contributed by atoms with Gasteiger partial charge in [-0.15, -0.1) is 0 Å².